The van der Waals surface area contributed by atoms with Gasteiger partial charge in [-0.25, -0.2) is 13.2 Å². The standard InChI is InChI=1S/C10H9BrF3NO2/c1-2-17-7(16)3-5-8(12)6(11)4-15-9(5)10(13)14/h4,10H,2-3H2,1H3. The molecule has 0 aromatic carbocycles. The van der Waals surface area contributed by atoms with Crippen LogP contribution >= 0.6 is 15.9 Å². The number of nitrogens with zero attached hydrogens (tertiary/aromatic N) is 1. The zero-order valence-corrected chi connectivity index (χ0v) is 10.4. The minimum Gasteiger partial charge on any atom is -0.466 e. The number of ether oxygens (including phenoxy) is 1. The van der Waals surface area contributed by atoms with Crippen LogP contribution in [0.1, 0.15) is 24.6 Å². The maximum atomic E-state index is 13.6. The fourth-order valence-electron chi connectivity index (χ4n) is 1.23. The van der Waals surface area contributed by atoms with Crippen molar-refractivity contribution in [1.29, 1.82) is 0 Å². The van der Waals surface area contributed by atoms with Crippen molar-refractivity contribution in [2.45, 2.75) is 19.8 Å². The Bertz CT molecular complexity index is 426. The maximum absolute atomic E-state index is 13.6. The van der Waals surface area contributed by atoms with E-state index in [2.05, 4.69) is 25.7 Å². The summed E-state index contributed by atoms with van der Waals surface area (Å²) in [5, 5.41) is 0. The summed E-state index contributed by atoms with van der Waals surface area (Å²) in [5.74, 6) is -1.68. The number of hydrogen-bond donors (Lipinski definition) is 0. The molecule has 17 heavy (non-hydrogen) atoms. The molecule has 0 saturated heterocycles. The van der Waals surface area contributed by atoms with E-state index in [-0.39, 0.29) is 11.1 Å². The lowest BCUT2D eigenvalue weighted by Crippen LogP contribution is -2.12. The Labute approximate surface area is 104 Å². The lowest BCUT2D eigenvalue weighted by atomic mass is 10.1. The Balaban J connectivity index is 3.10. The van der Waals surface area contributed by atoms with Gasteiger partial charge in [-0.1, -0.05) is 0 Å². The van der Waals surface area contributed by atoms with Crippen molar-refractivity contribution in [3.05, 3.63) is 27.7 Å². The van der Waals surface area contributed by atoms with Gasteiger partial charge in [0.1, 0.15) is 11.5 Å². The van der Waals surface area contributed by atoms with Crippen molar-refractivity contribution in [3.8, 4) is 0 Å². The van der Waals surface area contributed by atoms with Gasteiger partial charge in [-0.3, -0.25) is 9.78 Å². The number of carbonyl (C=O) groups is 1. The zero-order chi connectivity index (χ0) is 13.0. The minimum atomic E-state index is -2.94. The normalized spacial score (nSPS) is 10.7. The van der Waals surface area contributed by atoms with Crippen LogP contribution < -0.4 is 0 Å². The van der Waals surface area contributed by atoms with Crippen molar-refractivity contribution in [1.82, 2.24) is 4.98 Å². The molecule has 1 aromatic heterocycles. The quantitative estimate of drug-likeness (QED) is 0.802. The second kappa shape index (κ2) is 6.00. The molecule has 1 heterocycles. The first-order chi connectivity index (χ1) is 7.97. The van der Waals surface area contributed by atoms with Gasteiger partial charge in [0.05, 0.1) is 17.5 Å². The average molecular weight is 312 g/mol. The van der Waals surface area contributed by atoms with Crippen molar-refractivity contribution >= 4 is 21.9 Å². The largest absolute Gasteiger partial charge is 0.466 e. The van der Waals surface area contributed by atoms with Crippen LogP contribution in [0.15, 0.2) is 10.7 Å². The fraction of sp³-hybridized carbons (Fsp3) is 0.400. The van der Waals surface area contributed by atoms with Crippen LogP contribution in [-0.4, -0.2) is 17.6 Å². The first kappa shape index (κ1) is 14.0. The third kappa shape index (κ3) is 3.42. The van der Waals surface area contributed by atoms with E-state index in [1.807, 2.05) is 0 Å². The SMILES string of the molecule is CCOC(=O)Cc1c(C(F)F)ncc(Br)c1F. The van der Waals surface area contributed by atoms with Gasteiger partial charge in [0, 0.05) is 11.8 Å². The highest BCUT2D eigenvalue weighted by molar-refractivity contribution is 9.10. The molecular formula is C10H9BrF3NO2. The van der Waals surface area contributed by atoms with Crippen molar-refractivity contribution in [2.75, 3.05) is 6.61 Å². The molecule has 0 aliphatic carbocycles. The van der Waals surface area contributed by atoms with Gasteiger partial charge in [-0.05, 0) is 22.9 Å². The molecule has 0 aliphatic heterocycles. The molecule has 0 spiro atoms. The number of carbonyl (C=O) groups excluding carboxylic acids is 1. The third-order valence-electron chi connectivity index (χ3n) is 1.93. The summed E-state index contributed by atoms with van der Waals surface area (Å²) in [6.45, 7) is 1.67. The van der Waals surface area contributed by atoms with Gasteiger partial charge in [0.15, 0.2) is 0 Å². The number of alkyl halides is 2. The van der Waals surface area contributed by atoms with Crippen LogP contribution in [0.5, 0.6) is 0 Å². The van der Waals surface area contributed by atoms with E-state index in [0.717, 1.165) is 6.20 Å². The summed E-state index contributed by atoms with van der Waals surface area (Å²) < 4.78 is 43.3. The third-order valence-corrected chi connectivity index (χ3v) is 2.49. The van der Waals surface area contributed by atoms with Crippen molar-refractivity contribution in [2.24, 2.45) is 0 Å². The first-order valence-electron chi connectivity index (χ1n) is 4.73. The molecule has 1 aromatic rings. The summed E-state index contributed by atoms with van der Waals surface area (Å²) in [7, 11) is 0. The monoisotopic (exact) mass is 311 g/mol. The molecule has 0 unspecified atom stereocenters. The number of pyridine rings is 1. The number of esters is 1. The highest BCUT2D eigenvalue weighted by atomic mass is 79.9. The Hall–Kier alpha value is -1.11. The first-order valence-corrected chi connectivity index (χ1v) is 5.53. The van der Waals surface area contributed by atoms with E-state index in [9.17, 15) is 18.0 Å². The van der Waals surface area contributed by atoms with E-state index in [1.165, 1.54) is 0 Å². The van der Waals surface area contributed by atoms with E-state index < -0.39 is 35.9 Å². The molecule has 0 fully saturated rings. The van der Waals surface area contributed by atoms with Crippen molar-refractivity contribution < 1.29 is 22.7 Å². The number of rotatable bonds is 4. The summed E-state index contributed by atoms with van der Waals surface area (Å²) in [4.78, 5) is 14.6. The van der Waals surface area contributed by atoms with E-state index in [1.54, 1.807) is 6.92 Å². The lowest BCUT2D eigenvalue weighted by molar-refractivity contribution is -0.142. The van der Waals surface area contributed by atoms with E-state index in [0.29, 0.717) is 0 Å². The molecule has 1 rings (SSSR count). The van der Waals surface area contributed by atoms with Gasteiger partial charge >= 0.3 is 5.97 Å². The van der Waals surface area contributed by atoms with E-state index in [4.69, 9.17) is 0 Å². The Morgan fingerprint density at radius 1 is 1.59 bits per heavy atom. The molecule has 0 atom stereocenters. The summed E-state index contributed by atoms with van der Waals surface area (Å²) in [6, 6.07) is 0. The second-order valence-electron chi connectivity index (χ2n) is 3.07. The average Bonchev–Trinajstić information content (AvgIpc) is 2.25. The molecule has 0 amide bonds. The lowest BCUT2D eigenvalue weighted by Gasteiger charge is -2.09. The topological polar surface area (TPSA) is 39.2 Å². The van der Waals surface area contributed by atoms with Gasteiger partial charge in [0.25, 0.3) is 6.43 Å². The van der Waals surface area contributed by atoms with Gasteiger partial charge in [-0.15, -0.1) is 0 Å². The smallest absolute Gasteiger partial charge is 0.310 e. The highest BCUT2D eigenvalue weighted by Crippen LogP contribution is 2.27. The van der Waals surface area contributed by atoms with Gasteiger partial charge < -0.3 is 4.74 Å². The van der Waals surface area contributed by atoms with Crippen LogP contribution in [0.25, 0.3) is 0 Å². The van der Waals surface area contributed by atoms with Crippen LogP contribution in [0.3, 0.4) is 0 Å². The molecule has 0 radical (unpaired) electrons. The molecular weight excluding hydrogens is 303 g/mol. The van der Waals surface area contributed by atoms with Gasteiger partial charge in [0.2, 0.25) is 0 Å². The molecule has 0 bridgehead atoms. The summed E-state index contributed by atoms with van der Waals surface area (Å²) >= 11 is 2.82. The predicted molar refractivity (Wildman–Crippen MR) is 57.2 cm³/mol. The molecule has 7 heteroatoms. The number of aromatic nitrogens is 1. The fourth-order valence-corrected chi connectivity index (χ4v) is 1.57. The molecule has 3 nitrogen and oxygen atoms in total. The zero-order valence-electron chi connectivity index (χ0n) is 8.84. The highest BCUT2D eigenvalue weighted by Gasteiger charge is 2.22. The van der Waals surface area contributed by atoms with Crippen LogP contribution in [0.4, 0.5) is 13.2 Å². The molecule has 94 valence electrons. The van der Waals surface area contributed by atoms with Crippen LogP contribution in [0.2, 0.25) is 0 Å². The second-order valence-corrected chi connectivity index (χ2v) is 3.92. The van der Waals surface area contributed by atoms with E-state index >= 15 is 0 Å². The molecule has 0 aliphatic rings. The minimum absolute atomic E-state index is 0.0683. The van der Waals surface area contributed by atoms with Crippen molar-refractivity contribution in [3.63, 3.8) is 0 Å². The predicted octanol–water partition coefficient (Wildman–Crippen LogP) is 3.03. The van der Waals surface area contributed by atoms with Crippen LogP contribution in [0, 0.1) is 5.82 Å². The Kier molecular flexibility index (Phi) is 4.92. The van der Waals surface area contributed by atoms with Crippen LogP contribution in [-0.2, 0) is 16.0 Å². The maximum Gasteiger partial charge on any atom is 0.310 e. The Morgan fingerprint density at radius 3 is 2.76 bits per heavy atom. The summed E-state index contributed by atoms with van der Waals surface area (Å²) in [5.41, 5.74) is -1.17. The molecule has 0 saturated carbocycles. The number of halogens is 4. The number of hydrogen-bond acceptors (Lipinski definition) is 3. The summed E-state index contributed by atoms with van der Waals surface area (Å²) in [6.07, 6.45) is -2.57. The molecule has 0 N–H and O–H groups in total. The Morgan fingerprint density at radius 2 is 2.24 bits per heavy atom. The van der Waals surface area contributed by atoms with Gasteiger partial charge in [-0.2, -0.15) is 0 Å².